The van der Waals surface area contributed by atoms with Crippen LogP contribution in [0.1, 0.15) is 5.69 Å². The second kappa shape index (κ2) is 5.25. The van der Waals surface area contributed by atoms with Gasteiger partial charge >= 0.3 is 0 Å². The van der Waals surface area contributed by atoms with Crippen LogP contribution in [-0.2, 0) is 6.54 Å². The lowest BCUT2D eigenvalue weighted by Crippen LogP contribution is -2.27. The molecule has 0 aliphatic carbocycles. The highest BCUT2D eigenvalue weighted by Crippen LogP contribution is 1.91. The minimum Gasteiger partial charge on any atom is -0.312 e. The van der Waals surface area contributed by atoms with Crippen molar-refractivity contribution < 1.29 is 0 Å². The Morgan fingerprint density at radius 2 is 2.36 bits per heavy atom. The zero-order valence-electron chi connectivity index (χ0n) is 8.29. The van der Waals surface area contributed by atoms with Crippen LogP contribution in [0.3, 0.4) is 0 Å². The lowest BCUT2D eigenvalue weighted by atomic mass is 10.3. The van der Waals surface area contributed by atoms with E-state index in [0.717, 1.165) is 12.2 Å². The molecule has 3 heteroatoms. The molecule has 0 spiro atoms. The van der Waals surface area contributed by atoms with Gasteiger partial charge in [0.25, 0.3) is 5.56 Å². The molecule has 1 aromatic rings. The van der Waals surface area contributed by atoms with Crippen LogP contribution in [-0.4, -0.2) is 17.7 Å². The summed E-state index contributed by atoms with van der Waals surface area (Å²) in [6.07, 6.45) is 5.09. The highest BCUT2D eigenvalue weighted by atomic mass is 16.1. The minimum atomic E-state index is 0.0347. The first kappa shape index (κ1) is 10.6. The molecule has 0 unspecified atom stereocenters. The maximum Gasteiger partial charge on any atom is 0.250 e. The van der Waals surface area contributed by atoms with Gasteiger partial charge in [-0.3, -0.25) is 4.79 Å². The van der Waals surface area contributed by atoms with Gasteiger partial charge in [0.2, 0.25) is 0 Å². The number of hydrogen-bond acceptors (Lipinski definition) is 2. The quantitative estimate of drug-likeness (QED) is 0.550. The average Bonchev–Trinajstić information content (AvgIpc) is 2.16. The van der Waals surface area contributed by atoms with E-state index in [2.05, 4.69) is 11.2 Å². The number of aromatic nitrogens is 1. The lowest BCUT2D eigenvalue weighted by molar-refractivity contribution is 0.600. The first-order valence-electron chi connectivity index (χ1n) is 4.56. The molecule has 0 aliphatic rings. The summed E-state index contributed by atoms with van der Waals surface area (Å²) in [4.78, 5) is 11.4. The zero-order valence-corrected chi connectivity index (χ0v) is 8.29. The van der Waals surface area contributed by atoms with E-state index in [0.29, 0.717) is 13.1 Å². The van der Waals surface area contributed by atoms with E-state index in [9.17, 15) is 4.79 Å². The molecule has 3 nitrogen and oxygen atoms in total. The first-order valence-corrected chi connectivity index (χ1v) is 4.56. The molecule has 0 fully saturated rings. The molecular formula is C11H14N2O. The highest BCUT2D eigenvalue weighted by molar-refractivity contribution is 5.04. The summed E-state index contributed by atoms with van der Waals surface area (Å²) in [6, 6.07) is 5.25. The maximum atomic E-state index is 11.4. The van der Waals surface area contributed by atoms with Crippen LogP contribution >= 0.6 is 0 Å². The molecule has 1 rings (SSSR count). The third-order valence-corrected chi connectivity index (χ3v) is 2.01. The number of nitrogens with one attached hydrogen (secondary N) is 1. The van der Waals surface area contributed by atoms with Crippen molar-refractivity contribution in [3.05, 3.63) is 34.2 Å². The molecule has 0 bridgehead atoms. The van der Waals surface area contributed by atoms with Gasteiger partial charge in [0, 0.05) is 24.8 Å². The number of hydrogen-bond donors (Lipinski definition) is 1. The highest BCUT2D eigenvalue weighted by Gasteiger charge is 1.97. The van der Waals surface area contributed by atoms with Gasteiger partial charge in [-0.2, -0.15) is 0 Å². The zero-order chi connectivity index (χ0) is 10.4. The summed E-state index contributed by atoms with van der Waals surface area (Å²) in [5.41, 5.74) is 1.01. The van der Waals surface area contributed by atoms with Crippen molar-refractivity contribution in [2.24, 2.45) is 0 Å². The van der Waals surface area contributed by atoms with Crippen molar-refractivity contribution in [3.63, 3.8) is 0 Å². The number of rotatable bonds is 4. The largest absolute Gasteiger partial charge is 0.312 e. The van der Waals surface area contributed by atoms with Crippen LogP contribution in [0.2, 0.25) is 0 Å². The van der Waals surface area contributed by atoms with Crippen LogP contribution < -0.4 is 10.9 Å². The fraction of sp³-hybridized carbons (Fsp3) is 0.364. The normalized spacial score (nSPS) is 9.71. The van der Waals surface area contributed by atoms with Crippen LogP contribution in [0.4, 0.5) is 0 Å². The van der Waals surface area contributed by atoms with Gasteiger partial charge in [-0.05, 0) is 13.0 Å². The van der Waals surface area contributed by atoms with E-state index in [-0.39, 0.29) is 5.56 Å². The molecule has 1 heterocycles. The van der Waals surface area contributed by atoms with Crippen molar-refractivity contribution in [2.45, 2.75) is 13.5 Å². The molecule has 0 saturated heterocycles. The summed E-state index contributed by atoms with van der Waals surface area (Å²) in [6.45, 7) is 3.84. The third kappa shape index (κ3) is 2.75. The van der Waals surface area contributed by atoms with E-state index >= 15 is 0 Å². The summed E-state index contributed by atoms with van der Waals surface area (Å²) in [5, 5.41) is 3.04. The SMILES string of the molecule is C#CCNCCn1c(C)cccc1=O. The lowest BCUT2D eigenvalue weighted by Gasteiger charge is -2.08. The number of pyridine rings is 1. The Kier molecular flexibility index (Phi) is 3.96. The molecular weight excluding hydrogens is 176 g/mol. The Morgan fingerprint density at radius 1 is 1.57 bits per heavy atom. The van der Waals surface area contributed by atoms with Gasteiger partial charge in [0.15, 0.2) is 0 Å². The molecule has 0 radical (unpaired) electrons. The predicted octanol–water partition coefficient (Wildman–Crippen LogP) is 0.380. The van der Waals surface area contributed by atoms with Crippen LogP contribution in [0.5, 0.6) is 0 Å². The van der Waals surface area contributed by atoms with Crippen molar-refractivity contribution >= 4 is 0 Å². The van der Waals surface area contributed by atoms with E-state index in [1.807, 2.05) is 13.0 Å². The Hall–Kier alpha value is -1.53. The molecule has 1 N–H and O–H groups in total. The van der Waals surface area contributed by atoms with Crippen LogP contribution in [0.15, 0.2) is 23.0 Å². The van der Waals surface area contributed by atoms with E-state index < -0.39 is 0 Å². The van der Waals surface area contributed by atoms with Gasteiger partial charge in [0.05, 0.1) is 6.54 Å². The van der Waals surface area contributed by atoms with E-state index in [4.69, 9.17) is 6.42 Å². The standard InChI is InChI=1S/C11H14N2O/c1-3-7-12-8-9-13-10(2)5-4-6-11(13)14/h1,4-6,12H,7-9H2,2H3. The molecule has 0 amide bonds. The summed E-state index contributed by atoms with van der Waals surface area (Å²) in [7, 11) is 0. The molecule has 0 aliphatic heterocycles. The molecule has 74 valence electrons. The van der Waals surface area contributed by atoms with Gasteiger partial charge < -0.3 is 9.88 Å². The van der Waals surface area contributed by atoms with Crippen molar-refractivity contribution in [1.29, 1.82) is 0 Å². The Labute approximate surface area is 83.8 Å². The van der Waals surface area contributed by atoms with E-state index in [1.54, 1.807) is 16.7 Å². The van der Waals surface area contributed by atoms with Gasteiger partial charge in [-0.25, -0.2) is 0 Å². The van der Waals surface area contributed by atoms with Crippen LogP contribution in [0, 0.1) is 19.3 Å². The van der Waals surface area contributed by atoms with Crippen molar-refractivity contribution in [3.8, 4) is 12.3 Å². The number of terminal acetylenes is 1. The fourth-order valence-electron chi connectivity index (χ4n) is 1.26. The monoisotopic (exact) mass is 190 g/mol. The smallest absolute Gasteiger partial charge is 0.250 e. The molecule has 1 aromatic heterocycles. The van der Waals surface area contributed by atoms with Gasteiger partial charge in [-0.1, -0.05) is 12.0 Å². The second-order valence-electron chi connectivity index (χ2n) is 3.04. The van der Waals surface area contributed by atoms with E-state index in [1.165, 1.54) is 0 Å². The topological polar surface area (TPSA) is 34.0 Å². The molecule has 14 heavy (non-hydrogen) atoms. The Bertz CT molecular complexity index is 387. The Morgan fingerprint density at radius 3 is 3.00 bits per heavy atom. The van der Waals surface area contributed by atoms with Crippen molar-refractivity contribution in [2.75, 3.05) is 13.1 Å². The van der Waals surface area contributed by atoms with Crippen molar-refractivity contribution in [1.82, 2.24) is 9.88 Å². The molecule has 0 aromatic carbocycles. The molecule has 0 saturated carbocycles. The first-order chi connectivity index (χ1) is 6.75. The predicted molar refractivity (Wildman–Crippen MR) is 57.1 cm³/mol. The number of nitrogens with zero attached hydrogens (tertiary/aromatic N) is 1. The maximum absolute atomic E-state index is 11.4. The van der Waals surface area contributed by atoms with Gasteiger partial charge in [-0.15, -0.1) is 6.42 Å². The fourth-order valence-corrected chi connectivity index (χ4v) is 1.26. The third-order valence-electron chi connectivity index (χ3n) is 2.01. The Balaban J connectivity index is 2.59. The summed E-state index contributed by atoms with van der Waals surface area (Å²) >= 11 is 0. The minimum absolute atomic E-state index is 0.0347. The van der Waals surface area contributed by atoms with Gasteiger partial charge in [0.1, 0.15) is 0 Å². The molecule has 0 atom stereocenters. The van der Waals surface area contributed by atoms with Crippen LogP contribution in [0.25, 0.3) is 0 Å². The number of aryl methyl sites for hydroxylation is 1. The average molecular weight is 190 g/mol. The summed E-state index contributed by atoms with van der Waals surface area (Å²) < 4.78 is 1.73. The second-order valence-corrected chi connectivity index (χ2v) is 3.04. The summed E-state index contributed by atoms with van der Waals surface area (Å²) in [5.74, 6) is 2.48.